The van der Waals surface area contributed by atoms with Crippen molar-refractivity contribution in [3.8, 4) is 0 Å². The molecule has 0 radical (unpaired) electrons. The lowest BCUT2D eigenvalue weighted by Gasteiger charge is -2.38. The molecule has 0 heterocycles. The monoisotopic (exact) mass is 704 g/mol. The first-order chi connectivity index (χ1) is 17.5. The highest BCUT2D eigenvalue weighted by Gasteiger charge is 2.43. The van der Waals surface area contributed by atoms with Crippen molar-refractivity contribution in [2.75, 3.05) is 0 Å². The molecule has 1 N–H and O–H groups in total. The summed E-state index contributed by atoms with van der Waals surface area (Å²) in [7, 11) is 15.8. The lowest BCUT2D eigenvalue weighted by molar-refractivity contribution is -0.133. The number of hydrogen-bond acceptors (Lipinski definition) is 5. The van der Waals surface area contributed by atoms with Crippen LogP contribution in [0.1, 0.15) is 85.0 Å². The Morgan fingerprint density at radius 1 is 1.16 bits per heavy atom. The third kappa shape index (κ3) is 15.1. The van der Waals surface area contributed by atoms with Gasteiger partial charge in [0.05, 0.1) is 25.8 Å². The zero-order chi connectivity index (χ0) is 28.0. The summed E-state index contributed by atoms with van der Waals surface area (Å²) in [5.41, 5.74) is 0.111. The number of unbranched alkanes of at least 4 members (excludes halogenated alkanes) is 3. The maximum Gasteiger partial charge on any atom is 0.309 e. The number of aliphatic hydroxyl groups is 1. The molecule has 0 aliphatic heterocycles. The van der Waals surface area contributed by atoms with E-state index in [1.54, 1.807) is 0 Å². The number of carbonyl (C=O) groups excluding carboxylic acids is 1. The van der Waals surface area contributed by atoms with E-state index in [4.69, 9.17) is 13.6 Å². The molecule has 1 rings (SSSR count). The standard InChI is InChI=1S/C22H50O5P10/c1-4-22(2,3)20(26-36(34-29)37(32)33)14-13-17-16(18(23)15-19(17)25-28)11-9-7-5-6-8-10-12-21(24)27-35(30)31/h7,9,16-20,23,34H,4-6,8,10-15,28-33H2,1-3H3/b9-7-/t16?,17-,18?,19?,20?,36?/m1/s1. The van der Waals surface area contributed by atoms with E-state index in [0.717, 1.165) is 59.3 Å². The Labute approximate surface area is 245 Å². The fourth-order valence-corrected chi connectivity index (χ4v) is 25.7. The molecule has 1 fully saturated rings. The molecule has 13 atom stereocenters. The molecule has 0 amide bonds. The van der Waals surface area contributed by atoms with E-state index in [9.17, 15) is 9.90 Å². The number of allylic oxidation sites excluding steroid dienone is 2. The summed E-state index contributed by atoms with van der Waals surface area (Å²) in [4.78, 5) is 11.6. The Balaban J connectivity index is 2.64. The predicted octanol–water partition coefficient (Wildman–Crippen LogP) is 9.93. The molecule has 1 saturated carbocycles. The van der Waals surface area contributed by atoms with Gasteiger partial charge >= 0.3 is 5.97 Å². The van der Waals surface area contributed by atoms with Crippen LogP contribution in [0.2, 0.25) is 0 Å². The van der Waals surface area contributed by atoms with Gasteiger partial charge in [0.25, 0.3) is 0 Å². The summed E-state index contributed by atoms with van der Waals surface area (Å²) in [6.07, 6.45) is 13.5. The summed E-state index contributed by atoms with van der Waals surface area (Å²) < 4.78 is 17.7. The van der Waals surface area contributed by atoms with E-state index in [1.807, 2.05) is 0 Å². The van der Waals surface area contributed by atoms with Crippen molar-refractivity contribution in [2.45, 2.75) is 103 Å². The van der Waals surface area contributed by atoms with E-state index in [0.29, 0.717) is 18.8 Å². The molecule has 0 aromatic heterocycles. The molecule has 5 nitrogen and oxygen atoms in total. The summed E-state index contributed by atoms with van der Waals surface area (Å²) in [5, 5.41) is 10.9. The van der Waals surface area contributed by atoms with Crippen LogP contribution in [-0.4, -0.2) is 29.4 Å². The van der Waals surface area contributed by atoms with Crippen molar-refractivity contribution in [3.63, 3.8) is 0 Å². The van der Waals surface area contributed by atoms with E-state index >= 15 is 0 Å². The van der Waals surface area contributed by atoms with E-state index < -0.39 is 15.1 Å². The minimum Gasteiger partial charge on any atom is -0.437 e. The highest BCUT2D eigenvalue weighted by Crippen LogP contribution is 2.89. The smallest absolute Gasteiger partial charge is 0.309 e. The average Bonchev–Trinajstić information content (AvgIpc) is 3.14. The Morgan fingerprint density at radius 3 is 2.43 bits per heavy atom. The fourth-order valence-electron chi connectivity index (χ4n) is 4.71. The fraction of sp³-hybridized carbons (Fsp3) is 0.864. The van der Waals surface area contributed by atoms with Gasteiger partial charge in [0, 0.05) is 22.3 Å². The van der Waals surface area contributed by atoms with Gasteiger partial charge in [0.2, 0.25) is 0 Å². The van der Waals surface area contributed by atoms with Gasteiger partial charge in [-0.1, -0.05) is 57.2 Å². The van der Waals surface area contributed by atoms with Gasteiger partial charge in [-0.25, -0.2) is 0 Å². The van der Waals surface area contributed by atoms with Gasteiger partial charge in [-0.05, 0) is 77.1 Å². The number of aliphatic hydroxyl groups excluding tert-OH is 1. The zero-order valence-corrected chi connectivity index (χ0v) is 33.1. The van der Waals surface area contributed by atoms with Crippen molar-refractivity contribution in [2.24, 2.45) is 17.3 Å². The normalized spacial score (nSPS) is 24.6. The average molecular weight is 704 g/mol. The van der Waals surface area contributed by atoms with Gasteiger partial charge in [-0.15, -0.1) is 26.8 Å². The summed E-state index contributed by atoms with van der Waals surface area (Å²) in [6, 6.07) is 0. The maximum absolute atomic E-state index is 11.6. The maximum atomic E-state index is 11.6. The lowest BCUT2D eigenvalue weighted by atomic mass is 9.78. The molecule has 0 bridgehead atoms. The van der Waals surface area contributed by atoms with Crippen LogP contribution in [0.15, 0.2) is 12.2 Å². The lowest BCUT2D eigenvalue weighted by Crippen LogP contribution is -2.32. The summed E-state index contributed by atoms with van der Waals surface area (Å²) in [6.45, 7) is 6.65. The Kier molecular flexibility index (Phi) is 22.0. The van der Waals surface area contributed by atoms with E-state index in [-0.39, 0.29) is 42.6 Å². The molecule has 12 unspecified atom stereocenters. The summed E-state index contributed by atoms with van der Waals surface area (Å²) >= 11 is 0. The first-order valence-electron chi connectivity index (χ1n) is 12.9. The van der Waals surface area contributed by atoms with Gasteiger partial charge in [0.15, 0.2) is 0 Å². The molecular weight excluding hydrogens is 654 g/mol. The molecule has 0 aromatic rings. The molecule has 0 spiro atoms. The second-order valence-corrected chi connectivity index (χ2v) is 33.7. The third-order valence-corrected chi connectivity index (χ3v) is 27.4. The minimum atomic E-state index is -0.776. The molecule has 37 heavy (non-hydrogen) atoms. The van der Waals surface area contributed by atoms with Gasteiger partial charge in [-0.2, -0.15) is 0 Å². The van der Waals surface area contributed by atoms with Crippen LogP contribution in [0.25, 0.3) is 0 Å². The van der Waals surface area contributed by atoms with Crippen LogP contribution in [0.3, 0.4) is 0 Å². The quantitative estimate of drug-likeness (QED) is 0.0824. The van der Waals surface area contributed by atoms with Crippen LogP contribution in [0, 0.1) is 17.3 Å². The van der Waals surface area contributed by atoms with Gasteiger partial charge < -0.3 is 18.7 Å². The Morgan fingerprint density at radius 2 is 1.86 bits per heavy atom. The third-order valence-electron chi connectivity index (χ3n) is 7.30. The van der Waals surface area contributed by atoms with E-state index in [1.165, 1.54) is 0 Å². The highest BCUT2D eigenvalue weighted by molar-refractivity contribution is 8.86. The number of rotatable bonds is 19. The predicted molar refractivity (Wildman–Crippen MR) is 191 cm³/mol. The topological polar surface area (TPSA) is 65.0 Å². The largest absolute Gasteiger partial charge is 0.437 e. The SMILES string of the molecule is CCC(C)(C)C(CC[C@H]1C(OP)CC(O)C1C/C=C\CCCCCC(=O)OP(P)P)OP(PP)P(P)P. The van der Waals surface area contributed by atoms with Crippen LogP contribution >= 0.6 is 84.1 Å². The van der Waals surface area contributed by atoms with Crippen molar-refractivity contribution >= 4 is 90.1 Å². The van der Waals surface area contributed by atoms with E-state index in [2.05, 4.69) is 87.0 Å². The molecule has 1 aliphatic rings. The van der Waals surface area contributed by atoms with Crippen molar-refractivity contribution in [3.05, 3.63) is 12.2 Å². The highest BCUT2D eigenvalue weighted by atomic mass is 32.9. The minimum absolute atomic E-state index is 0.0679. The zero-order valence-electron chi connectivity index (χ0n) is 22.5. The molecule has 1 aliphatic carbocycles. The number of hydrogen-bond donors (Lipinski definition) is 1. The van der Waals surface area contributed by atoms with Crippen molar-refractivity contribution < 1.29 is 23.5 Å². The van der Waals surface area contributed by atoms with Crippen molar-refractivity contribution in [1.82, 2.24) is 0 Å². The van der Waals surface area contributed by atoms with Crippen LogP contribution < -0.4 is 0 Å². The molecular formula is C22H50O5P10. The molecule has 0 saturated heterocycles. The van der Waals surface area contributed by atoms with Crippen LogP contribution in [0.5, 0.6) is 0 Å². The molecule has 218 valence electrons. The Hall–Kier alpha value is 3.39. The van der Waals surface area contributed by atoms with Crippen molar-refractivity contribution in [1.29, 1.82) is 0 Å². The summed E-state index contributed by atoms with van der Waals surface area (Å²) in [5.74, 6) is 0.419. The van der Waals surface area contributed by atoms with Gasteiger partial charge in [-0.3, -0.25) is 4.79 Å². The molecule has 15 heteroatoms. The number of carbonyl (C=O) groups is 1. The van der Waals surface area contributed by atoms with Crippen LogP contribution in [-0.2, 0) is 18.4 Å². The first-order valence-corrected chi connectivity index (χ1v) is 28.0. The second-order valence-electron chi connectivity index (χ2n) is 10.2. The first kappa shape index (κ1) is 38.4. The van der Waals surface area contributed by atoms with Gasteiger partial charge in [0.1, 0.15) is 7.53 Å². The second kappa shape index (κ2) is 21.2. The van der Waals surface area contributed by atoms with Crippen LogP contribution in [0.4, 0.5) is 0 Å². The Bertz CT molecular complexity index is 670. The molecule has 0 aromatic carbocycles.